The number of aliphatic imine (C=N–C) groups is 6. The fourth-order valence-corrected chi connectivity index (χ4v) is 17.7. The molecule has 17 unspecified atom stereocenters. The van der Waals surface area contributed by atoms with E-state index in [0.29, 0.717) is 43.0 Å². The predicted molar refractivity (Wildman–Crippen MR) is 405 cm³/mol. The molecule has 2 aromatic carbocycles. The number of rotatable bonds is 38. The van der Waals surface area contributed by atoms with Gasteiger partial charge in [0.1, 0.15) is 66.2 Å². The van der Waals surface area contributed by atoms with Crippen molar-refractivity contribution in [1.29, 1.82) is 0 Å². The predicted octanol–water partition coefficient (Wildman–Crippen LogP) is -3.77. The number of primary amides is 1. The molecule has 0 saturated carbocycles. The quantitative estimate of drug-likeness (QED) is 0.0307. The molecular formula is C65H87N17O17S6. The number of hydrogen-bond acceptors (Lipinski definition) is 29. The molecule has 6 aliphatic rings. The van der Waals surface area contributed by atoms with Gasteiger partial charge in [-0.2, -0.15) is 0 Å². The Morgan fingerprint density at radius 2 is 0.895 bits per heavy atom. The van der Waals surface area contributed by atoms with Crippen molar-refractivity contribution >= 4 is 166 Å². The SMILES string of the molecule is CCC(C)C(NC(=O)C(Cc1ccc(O)cc1)NC(=O)C1CSC(C(Cc2ccccc2)NC(=O)C2CSC(C(CC(N)=O)NC(=O)C3CSC(C(CO)NC(=O)C(C)NC)=N3)=N2)=N1)C1=NC(C2=NC(C(=O)NC(CO)C3=NC(C(=O)NC(CO)C(=O)NC(CO)C(=O)NC(C)C(=O)O)CS3)CS2)CS1. The minimum Gasteiger partial charge on any atom is -0.508 e. The van der Waals surface area contributed by atoms with Gasteiger partial charge in [0.05, 0.1) is 99.4 Å². The first-order valence-electron chi connectivity index (χ1n) is 33.6. The Labute approximate surface area is 629 Å². The standard InChI is InChI=1S/C65H87N17O17S6/c1-6-29(2)49(64-81-47(28-105-64)63-80-46(27-104-63)58(97)75-41(22-86)62-79-45(26-103-62)57(96)73-39(20-84)53(92)72-38(19-83)52(91)68-31(4)65(98)99)82-51(90)35(16-33-12-14-34(87)15-13-33)69-54(93)42-23-100-59(76-42)36(17-32-10-8-7-9-11-32)70-55(94)43-24-101-60(77-43)37(18-48(66)88)71-56(95)44-25-102-61(78-44)40(21-85)74-50(89)30(3)67-5/h7-15,29-31,35-47,49,67,83-87H,6,16-28H2,1-5H3,(H2,66,88)(H,68,91)(H,69,93)(H,70,94)(H,71,95)(H,72,92)(H,73,96)(H,74,89)(H,75,97)(H,82,90)(H,98,99). The van der Waals surface area contributed by atoms with Gasteiger partial charge in [-0.1, -0.05) is 62.7 Å². The molecule has 0 aromatic heterocycles. The van der Waals surface area contributed by atoms with Gasteiger partial charge in [0.15, 0.2) is 0 Å². The van der Waals surface area contributed by atoms with Crippen molar-refractivity contribution in [3.8, 4) is 5.75 Å². The number of aliphatic hydroxyl groups is 4. The minimum atomic E-state index is -1.61. The van der Waals surface area contributed by atoms with Crippen molar-refractivity contribution in [2.75, 3.05) is 68.0 Å². The lowest BCUT2D eigenvalue weighted by Gasteiger charge is -2.27. The Hall–Kier alpha value is -7.67. The van der Waals surface area contributed by atoms with Gasteiger partial charge in [0.25, 0.3) is 0 Å². The van der Waals surface area contributed by atoms with E-state index in [2.05, 4.69) is 68.1 Å². The number of amides is 10. The fourth-order valence-electron chi connectivity index (χ4n) is 10.9. The van der Waals surface area contributed by atoms with Gasteiger partial charge < -0.3 is 89.5 Å². The Morgan fingerprint density at radius 3 is 1.41 bits per heavy atom. The van der Waals surface area contributed by atoms with Crippen LogP contribution in [0.2, 0.25) is 0 Å². The molecule has 105 heavy (non-hydrogen) atoms. The summed E-state index contributed by atoms with van der Waals surface area (Å²) in [6.07, 6.45) is 0.558. The maximum Gasteiger partial charge on any atom is 0.325 e. The number of carboxylic acids is 1. The number of likely N-dealkylation sites (N-methyl/N-ethyl adjacent to an activating group) is 1. The summed E-state index contributed by atoms with van der Waals surface area (Å²) in [6.45, 7) is 3.83. The van der Waals surface area contributed by atoms with Crippen LogP contribution in [0, 0.1) is 5.92 Å². The summed E-state index contributed by atoms with van der Waals surface area (Å²) < 4.78 is 0. The van der Waals surface area contributed by atoms with Crippen molar-refractivity contribution < 1.29 is 83.4 Å². The Kier molecular flexibility index (Phi) is 31.4. The molecule has 0 saturated heterocycles. The zero-order chi connectivity index (χ0) is 76.2. The average Bonchev–Trinajstić information content (AvgIpc) is 1.68. The van der Waals surface area contributed by atoms with E-state index in [1.807, 2.05) is 44.2 Å². The van der Waals surface area contributed by atoms with Crippen molar-refractivity contribution in [3.63, 3.8) is 0 Å². The number of hydrogen-bond donors (Lipinski definition) is 17. The van der Waals surface area contributed by atoms with Crippen LogP contribution in [-0.2, 0) is 65.6 Å². The Balaban J connectivity index is 0.900. The smallest absolute Gasteiger partial charge is 0.325 e. The molecule has 40 heteroatoms. The van der Waals surface area contributed by atoms with Crippen LogP contribution in [0.5, 0.6) is 5.75 Å². The van der Waals surface area contributed by atoms with Crippen LogP contribution in [0.25, 0.3) is 0 Å². The van der Waals surface area contributed by atoms with Crippen molar-refractivity contribution in [2.45, 2.75) is 150 Å². The second-order valence-electron chi connectivity index (χ2n) is 25.1. The summed E-state index contributed by atoms with van der Waals surface area (Å²) in [5.74, 6) is -7.03. The fraction of sp³-hybridized carbons (Fsp3) is 0.554. The summed E-state index contributed by atoms with van der Waals surface area (Å²) in [5, 5.41) is 88.8. The maximum atomic E-state index is 14.8. The molecule has 0 radical (unpaired) electrons. The number of carbonyl (C=O) groups excluding carboxylic acids is 10. The topological polar surface area (TPSA) is 530 Å². The molecular weight excluding hydrogens is 1480 g/mol. The molecule has 0 spiro atoms. The van der Waals surface area contributed by atoms with Crippen molar-refractivity contribution in [3.05, 3.63) is 65.7 Å². The maximum absolute atomic E-state index is 14.8. The van der Waals surface area contributed by atoms with Gasteiger partial charge in [-0.15, -0.1) is 70.6 Å². The molecule has 6 aliphatic heterocycles. The van der Waals surface area contributed by atoms with Crippen LogP contribution in [0.3, 0.4) is 0 Å². The highest BCUT2D eigenvalue weighted by Gasteiger charge is 2.42. The van der Waals surface area contributed by atoms with Crippen LogP contribution >= 0.6 is 70.6 Å². The molecule has 570 valence electrons. The highest BCUT2D eigenvalue weighted by Crippen LogP contribution is 2.33. The van der Waals surface area contributed by atoms with Crippen molar-refractivity contribution in [2.24, 2.45) is 41.6 Å². The van der Waals surface area contributed by atoms with Crippen LogP contribution in [0.15, 0.2) is 84.6 Å². The number of phenols is 1. The Morgan fingerprint density at radius 1 is 0.457 bits per heavy atom. The lowest BCUT2D eigenvalue weighted by atomic mass is 9.98. The molecule has 17 atom stereocenters. The first kappa shape index (κ1) is 83.0. The summed E-state index contributed by atoms with van der Waals surface area (Å²) in [4.78, 5) is 174. The van der Waals surface area contributed by atoms with E-state index in [-0.39, 0.29) is 70.6 Å². The van der Waals surface area contributed by atoms with E-state index < -0.39 is 182 Å². The number of aliphatic carboxylic acids is 1. The number of aliphatic hydroxyl groups excluding tert-OH is 4. The monoisotopic (exact) mass is 1570 g/mol. The summed E-state index contributed by atoms with van der Waals surface area (Å²) >= 11 is 7.47. The van der Waals surface area contributed by atoms with Crippen LogP contribution in [0.1, 0.15) is 51.7 Å². The third kappa shape index (κ3) is 23.2. The van der Waals surface area contributed by atoms with Gasteiger partial charge in [0, 0.05) is 40.9 Å². The molecule has 0 aliphatic carbocycles. The minimum absolute atomic E-state index is 0.00470. The number of thioether (sulfide) groups is 6. The van der Waals surface area contributed by atoms with Gasteiger partial charge in [0.2, 0.25) is 59.1 Å². The van der Waals surface area contributed by atoms with Crippen LogP contribution in [-0.4, -0.2) is 291 Å². The highest BCUT2D eigenvalue weighted by molar-refractivity contribution is 8.16. The number of aromatic hydroxyl groups is 1. The number of carbonyl (C=O) groups is 11. The van der Waals surface area contributed by atoms with Gasteiger partial charge in [-0.3, -0.25) is 82.7 Å². The summed E-state index contributed by atoms with van der Waals surface area (Å²) in [7, 11) is 1.62. The Bertz CT molecular complexity index is 3730. The van der Waals surface area contributed by atoms with Gasteiger partial charge >= 0.3 is 5.97 Å². The number of benzene rings is 2. The first-order valence-corrected chi connectivity index (χ1v) is 39.5. The normalized spacial score (nSPS) is 22.9. The highest BCUT2D eigenvalue weighted by atomic mass is 32.2. The van der Waals surface area contributed by atoms with E-state index in [9.17, 15) is 78.3 Å². The molecule has 0 fully saturated rings. The first-order chi connectivity index (χ1) is 50.2. The molecule has 2 aromatic rings. The average molecular weight is 1570 g/mol. The van der Waals surface area contributed by atoms with Crippen LogP contribution < -0.4 is 58.9 Å². The molecule has 10 amide bonds. The van der Waals surface area contributed by atoms with E-state index >= 15 is 0 Å². The molecule has 18 N–H and O–H groups in total. The van der Waals surface area contributed by atoms with Gasteiger partial charge in [-0.05, 0) is 56.5 Å². The number of nitrogens with one attached hydrogen (secondary N) is 10. The number of carboxylic acid groups (broad SMARTS) is 1. The molecule has 8 rings (SSSR count). The zero-order valence-corrected chi connectivity index (χ0v) is 62.7. The number of phenolic OH excluding ortho intramolecular Hbond substituents is 1. The second kappa shape index (κ2) is 39.8. The zero-order valence-electron chi connectivity index (χ0n) is 57.8. The van der Waals surface area contributed by atoms with Crippen LogP contribution in [0.4, 0.5) is 0 Å². The lowest BCUT2D eigenvalue weighted by Crippen LogP contribution is -2.58. The third-order valence-electron chi connectivity index (χ3n) is 17.3. The van der Waals surface area contributed by atoms with Gasteiger partial charge in [-0.25, -0.2) is 0 Å². The molecule has 0 bridgehead atoms. The van der Waals surface area contributed by atoms with E-state index in [4.69, 9.17) is 25.8 Å². The number of nitrogens with two attached hydrogens (primary N) is 1. The van der Waals surface area contributed by atoms with E-state index in [0.717, 1.165) is 17.3 Å². The molecule has 6 heterocycles. The van der Waals surface area contributed by atoms with Crippen molar-refractivity contribution in [1.82, 2.24) is 53.2 Å². The third-order valence-corrected chi connectivity index (χ3v) is 24.3. The lowest BCUT2D eigenvalue weighted by molar-refractivity contribution is -0.142. The summed E-state index contributed by atoms with van der Waals surface area (Å²) in [5.41, 5.74) is 7.13. The van der Waals surface area contributed by atoms with E-state index in [1.54, 1.807) is 26.1 Å². The summed E-state index contributed by atoms with van der Waals surface area (Å²) in [6, 6.07) is -0.463. The largest absolute Gasteiger partial charge is 0.508 e. The molecule has 34 nitrogen and oxygen atoms in total. The van der Waals surface area contributed by atoms with E-state index in [1.165, 1.54) is 77.9 Å². The number of nitrogens with zero attached hydrogens (tertiary/aromatic N) is 6. The second-order valence-corrected chi connectivity index (χ2v) is 31.3.